The van der Waals surface area contributed by atoms with Crippen LogP contribution in [0, 0.1) is 6.92 Å². The Bertz CT molecular complexity index is 277. The van der Waals surface area contributed by atoms with Crippen LogP contribution in [0.1, 0.15) is 5.69 Å². The van der Waals surface area contributed by atoms with E-state index in [9.17, 15) is 4.39 Å². The van der Waals surface area contributed by atoms with E-state index in [0.29, 0.717) is 5.75 Å². The zero-order valence-corrected chi connectivity index (χ0v) is 8.51. The monoisotopic (exact) mass is 204 g/mol. The van der Waals surface area contributed by atoms with Crippen LogP contribution in [0.15, 0.2) is 11.1 Å². The van der Waals surface area contributed by atoms with Gasteiger partial charge in [0, 0.05) is 12.8 Å². The van der Waals surface area contributed by atoms with Gasteiger partial charge >= 0.3 is 0 Å². The molecule has 1 aromatic rings. The molecule has 0 fully saturated rings. The summed E-state index contributed by atoms with van der Waals surface area (Å²) in [6, 6.07) is 1.91. The Balaban J connectivity index is 2.49. The molecule has 0 saturated heterocycles. The van der Waals surface area contributed by atoms with Gasteiger partial charge in [0.25, 0.3) is 0 Å². The van der Waals surface area contributed by atoms with E-state index in [2.05, 4.69) is 5.10 Å². The highest BCUT2D eigenvalue weighted by molar-refractivity contribution is 7.99. The molecule has 74 valence electrons. The van der Waals surface area contributed by atoms with Crippen molar-refractivity contribution in [3.63, 3.8) is 0 Å². The lowest BCUT2D eigenvalue weighted by atomic mass is 10.5. The highest BCUT2D eigenvalue weighted by Gasteiger charge is 2.07. The van der Waals surface area contributed by atoms with Crippen LogP contribution in [0.25, 0.3) is 0 Å². The quantitative estimate of drug-likeness (QED) is 0.748. The maximum absolute atomic E-state index is 11.9. The molecule has 3 nitrogen and oxygen atoms in total. The average molecular weight is 204 g/mol. The maximum Gasteiger partial charge on any atom is 0.116 e. The zero-order chi connectivity index (χ0) is 9.84. The second kappa shape index (κ2) is 4.62. The largest absolute Gasteiger partial charge is 0.390 e. The second-order valence-electron chi connectivity index (χ2n) is 2.87. The first kappa shape index (κ1) is 10.5. The van der Waals surface area contributed by atoms with Crippen LogP contribution in [0.2, 0.25) is 0 Å². The molecule has 13 heavy (non-hydrogen) atoms. The first-order valence-corrected chi connectivity index (χ1v) is 4.99. The molecule has 1 atom stereocenters. The van der Waals surface area contributed by atoms with Crippen molar-refractivity contribution >= 4 is 11.8 Å². The van der Waals surface area contributed by atoms with E-state index >= 15 is 0 Å². The zero-order valence-electron chi connectivity index (χ0n) is 7.70. The number of rotatable bonds is 4. The molecule has 0 aliphatic carbocycles. The molecule has 0 aromatic carbocycles. The van der Waals surface area contributed by atoms with Crippen molar-refractivity contribution in [2.75, 3.05) is 12.4 Å². The predicted molar refractivity (Wildman–Crippen MR) is 50.7 cm³/mol. The number of hydrogen-bond donors (Lipinski definition) is 1. The minimum absolute atomic E-state index is 0.371. The first-order chi connectivity index (χ1) is 6.13. The average Bonchev–Trinajstić information content (AvgIpc) is 2.41. The number of nitrogens with zero attached hydrogens (tertiary/aromatic N) is 2. The number of aliphatic hydroxyl groups excluding tert-OH is 1. The molecule has 1 N–H and O–H groups in total. The van der Waals surface area contributed by atoms with Gasteiger partial charge in [-0.25, -0.2) is 4.39 Å². The molecule has 0 bridgehead atoms. The van der Waals surface area contributed by atoms with E-state index < -0.39 is 12.8 Å². The summed E-state index contributed by atoms with van der Waals surface area (Å²) in [5.74, 6) is 0.371. The number of hydrogen-bond acceptors (Lipinski definition) is 3. The van der Waals surface area contributed by atoms with E-state index in [0.717, 1.165) is 10.7 Å². The number of aliphatic hydroxyl groups is 1. The summed E-state index contributed by atoms with van der Waals surface area (Å²) in [7, 11) is 1.83. The predicted octanol–water partition coefficient (Wildman–Crippen LogP) is 1.15. The fourth-order valence-corrected chi connectivity index (χ4v) is 1.88. The minimum atomic E-state index is -0.875. The lowest BCUT2D eigenvalue weighted by Gasteiger charge is -2.04. The Hall–Kier alpha value is -0.550. The molecular formula is C8H13FN2OS. The highest BCUT2D eigenvalue weighted by Crippen LogP contribution is 2.18. The van der Waals surface area contributed by atoms with E-state index in [1.807, 2.05) is 20.0 Å². The molecule has 0 aliphatic rings. The smallest absolute Gasteiger partial charge is 0.116 e. The topological polar surface area (TPSA) is 38.0 Å². The fraction of sp³-hybridized carbons (Fsp3) is 0.625. The van der Waals surface area contributed by atoms with E-state index in [-0.39, 0.29) is 0 Å². The molecule has 0 saturated carbocycles. The Morgan fingerprint density at radius 3 is 2.92 bits per heavy atom. The summed E-state index contributed by atoms with van der Waals surface area (Å²) in [5.41, 5.74) is 0.930. The molecule has 5 heteroatoms. The third kappa shape index (κ3) is 3.00. The molecule has 1 aromatic heterocycles. The van der Waals surface area contributed by atoms with Crippen molar-refractivity contribution in [1.29, 1.82) is 0 Å². The molecule has 0 aliphatic heterocycles. The lowest BCUT2D eigenvalue weighted by molar-refractivity contribution is 0.162. The summed E-state index contributed by atoms with van der Waals surface area (Å²) in [4.78, 5) is 0. The molecule has 1 rings (SSSR count). The summed E-state index contributed by atoms with van der Waals surface area (Å²) >= 11 is 1.41. The summed E-state index contributed by atoms with van der Waals surface area (Å²) in [5, 5.41) is 14.1. The molecule has 1 unspecified atom stereocenters. The van der Waals surface area contributed by atoms with Crippen LogP contribution in [0.4, 0.5) is 4.39 Å². The van der Waals surface area contributed by atoms with Gasteiger partial charge in [-0.1, -0.05) is 0 Å². The van der Waals surface area contributed by atoms with Gasteiger partial charge in [-0.3, -0.25) is 4.68 Å². The third-order valence-electron chi connectivity index (χ3n) is 1.56. The van der Waals surface area contributed by atoms with Crippen LogP contribution in [-0.2, 0) is 7.05 Å². The van der Waals surface area contributed by atoms with Crippen molar-refractivity contribution in [2.45, 2.75) is 18.1 Å². The fourth-order valence-electron chi connectivity index (χ4n) is 0.948. The summed E-state index contributed by atoms with van der Waals surface area (Å²) < 4.78 is 13.6. The van der Waals surface area contributed by atoms with Gasteiger partial charge in [0.15, 0.2) is 0 Å². The Morgan fingerprint density at radius 2 is 2.46 bits per heavy atom. The van der Waals surface area contributed by atoms with E-state index in [1.54, 1.807) is 4.68 Å². The Labute approximate surface area is 80.9 Å². The van der Waals surface area contributed by atoms with Gasteiger partial charge < -0.3 is 5.11 Å². The molecule has 0 spiro atoms. The van der Waals surface area contributed by atoms with Crippen molar-refractivity contribution in [3.05, 3.63) is 11.8 Å². The van der Waals surface area contributed by atoms with Crippen LogP contribution in [0.5, 0.6) is 0 Å². The number of alkyl halides is 1. The van der Waals surface area contributed by atoms with Crippen molar-refractivity contribution in [3.8, 4) is 0 Å². The molecular weight excluding hydrogens is 191 g/mol. The second-order valence-corrected chi connectivity index (χ2v) is 3.91. The number of thioether (sulfide) groups is 1. The van der Waals surface area contributed by atoms with Crippen LogP contribution in [-0.4, -0.2) is 33.4 Å². The van der Waals surface area contributed by atoms with E-state index in [1.165, 1.54) is 11.8 Å². The minimum Gasteiger partial charge on any atom is -0.390 e. The number of halogens is 1. The molecule has 1 heterocycles. The van der Waals surface area contributed by atoms with Crippen molar-refractivity contribution < 1.29 is 9.50 Å². The van der Waals surface area contributed by atoms with Gasteiger partial charge in [-0.05, 0) is 13.0 Å². The number of aryl methyl sites for hydroxylation is 2. The maximum atomic E-state index is 11.9. The SMILES string of the molecule is Cc1cc(SCC(O)CF)n(C)n1. The van der Waals surface area contributed by atoms with Gasteiger partial charge in [0.1, 0.15) is 6.67 Å². The van der Waals surface area contributed by atoms with Crippen molar-refractivity contribution in [1.82, 2.24) is 9.78 Å². The first-order valence-electron chi connectivity index (χ1n) is 4.01. The summed E-state index contributed by atoms with van der Waals surface area (Å²) in [6.07, 6.45) is -0.875. The normalized spacial score (nSPS) is 13.2. The Morgan fingerprint density at radius 1 is 1.77 bits per heavy atom. The van der Waals surface area contributed by atoms with Gasteiger partial charge in [0.05, 0.1) is 16.8 Å². The van der Waals surface area contributed by atoms with Gasteiger partial charge in [-0.2, -0.15) is 5.10 Å². The standard InChI is InChI=1S/C8H13FN2OS/c1-6-3-8(11(2)10-6)13-5-7(12)4-9/h3,7,12H,4-5H2,1-2H3. The summed E-state index contributed by atoms with van der Waals surface area (Å²) in [6.45, 7) is 1.21. The van der Waals surface area contributed by atoms with Crippen LogP contribution >= 0.6 is 11.8 Å². The highest BCUT2D eigenvalue weighted by atomic mass is 32.2. The number of aromatic nitrogens is 2. The Kier molecular flexibility index (Phi) is 3.74. The molecule has 0 amide bonds. The van der Waals surface area contributed by atoms with Gasteiger partial charge in [-0.15, -0.1) is 11.8 Å². The third-order valence-corrected chi connectivity index (χ3v) is 2.79. The lowest BCUT2D eigenvalue weighted by Crippen LogP contribution is -2.12. The van der Waals surface area contributed by atoms with Crippen LogP contribution < -0.4 is 0 Å². The van der Waals surface area contributed by atoms with Crippen LogP contribution in [0.3, 0.4) is 0 Å². The van der Waals surface area contributed by atoms with Crippen molar-refractivity contribution in [2.24, 2.45) is 7.05 Å². The van der Waals surface area contributed by atoms with E-state index in [4.69, 9.17) is 5.11 Å². The molecule has 0 radical (unpaired) electrons. The van der Waals surface area contributed by atoms with Gasteiger partial charge in [0.2, 0.25) is 0 Å².